The molecule has 0 aromatic heterocycles. The summed E-state index contributed by atoms with van der Waals surface area (Å²) in [5, 5.41) is 24.8. The Morgan fingerprint density at radius 1 is 0.857 bits per heavy atom. The minimum Gasteiger partial charge on any atom is -0.386 e. The van der Waals surface area contributed by atoms with Crippen LogP contribution in [0.3, 0.4) is 0 Å². The summed E-state index contributed by atoms with van der Waals surface area (Å²) in [4.78, 5) is 0. The molecule has 3 aromatic carbocycles. The monoisotopic (exact) mass is 276 g/mol. The zero-order valence-corrected chi connectivity index (χ0v) is 11.7. The largest absolute Gasteiger partial charge is 0.386 e. The van der Waals surface area contributed by atoms with Gasteiger partial charge in [0.15, 0.2) is 0 Å². The zero-order chi connectivity index (χ0) is 14.6. The number of fused-ring (bicyclic) bond motifs is 4. The molecular weight excluding hydrogens is 260 g/mol. The van der Waals surface area contributed by atoms with Crippen molar-refractivity contribution in [2.75, 3.05) is 0 Å². The van der Waals surface area contributed by atoms with Crippen molar-refractivity contribution < 1.29 is 10.2 Å². The van der Waals surface area contributed by atoms with Crippen molar-refractivity contribution in [3.8, 4) is 0 Å². The fourth-order valence-corrected chi connectivity index (χ4v) is 3.28. The molecule has 0 spiro atoms. The first kappa shape index (κ1) is 12.6. The molecule has 0 saturated heterocycles. The van der Waals surface area contributed by atoms with E-state index in [1.54, 1.807) is 6.08 Å². The lowest BCUT2D eigenvalue weighted by atomic mass is 9.85. The van der Waals surface area contributed by atoms with Crippen molar-refractivity contribution >= 4 is 27.1 Å². The SMILES string of the molecule is CC1=CC(O)C(O)c2cc3ccc4ccccc4c3cc21. The van der Waals surface area contributed by atoms with E-state index in [-0.39, 0.29) is 0 Å². The van der Waals surface area contributed by atoms with E-state index in [4.69, 9.17) is 0 Å². The molecule has 1 aliphatic rings. The summed E-state index contributed by atoms with van der Waals surface area (Å²) < 4.78 is 0. The Labute approximate surface area is 123 Å². The van der Waals surface area contributed by atoms with Gasteiger partial charge in [0, 0.05) is 0 Å². The average Bonchev–Trinajstić information content (AvgIpc) is 2.51. The van der Waals surface area contributed by atoms with Crippen LogP contribution in [0, 0.1) is 0 Å². The Morgan fingerprint density at radius 3 is 2.48 bits per heavy atom. The van der Waals surface area contributed by atoms with Crippen LogP contribution in [0.1, 0.15) is 24.2 Å². The van der Waals surface area contributed by atoms with Crippen molar-refractivity contribution in [1.82, 2.24) is 0 Å². The molecule has 0 bridgehead atoms. The third-order valence-corrected chi connectivity index (χ3v) is 4.40. The van der Waals surface area contributed by atoms with Gasteiger partial charge in [0.2, 0.25) is 0 Å². The van der Waals surface area contributed by atoms with Crippen molar-refractivity contribution in [2.24, 2.45) is 0 Å². The maximum atomic E-state index is 10.2. The van der Waals surface area contributed by atoms with E-state index in [1.165, 1.54) is 16.2 Å². The molecule has 0 radical (unpaired) electrons. The van der Waals surface area contributed by atoms with E-state index in [9.17, 15) is 10.2 Å². The quantitative estimate of drug-likeness (QED) is 0.613. The van der Waals surface area contributed by atoms with Crippen LogP contribution in [0.2, 0.25) is 0 Å². The van der Waals surface area contributed by atoms with E-state index in [2.05, 4.69) is 30.3 Å². The summed E-state index contributed by atoms with van der Waals surface area (Å²) in [5.74, 6) is 0. The number of hydrogen-bond donors (Lipinski definition) is 2. The van der Waals surface area contributed by atoms with Crippen LogP contribution >= 0.6 is 0 Å². The molecule has 0 amide bonds. The van der Waals surface area contributed by atoms with Gasteiger partial charge in [0.05, 0.1) is 0 Å². The first-order valence-electron chi connectivity index (χ1n) is 7.15. The van der Waals surface area contributed by atoms with E-state index in [0.29, 0.717) is 0 Å². The molecule has 1 aliphatic carbocycles. The van der Waals surface area contributed by atoms with Crippen molar-refractivity contribution in [3.63, 3.8) is 0 Å². The normalized spacial score (nSPS) is 21.4. The Bertz CT molecular complexity index is 893. The van der Waals surface area contributed by atoms with Crippen LogP contribution in [0.5, 0.6) is 0 Å². The molecule has 2 unspecified atom stereocenters. The van der Waals surface area contributed by atoms with Gasteiger partial charge in [-0.2, -0.15) is 0 Å². The van der Waals surface area contributed by atoms with E-state index < -0.39 is 12.2 Å². The minimum atomic E-state index is -0.848. The van der Waals surface area contributed by atoms with Crippen LogP contribution in [-0.4, -0.2) is 16.3 Å². The summed E-state index contributed by atoms with van der Waals surface area (Å²) in [5.41, 5.74) is 2.85. The predicted octanol–water partition coefficient (Wildman–Crippen LogP) is 3.80. The average molecular weight is 276 g/mol. The van der Waals surface area contributed by atoms with Gasteiger partial charge in [0.1, 0.15) is 12.2 Å². The van der Waals surface area contributed by atoms with Crippen LogP contribution in [0.25, 0.3) is 27.1 Å². The molecule has 4 rings (SSSR count). The molecule has 2 atom stereocenters. The number of rotatable bonds is 0. The second kappa shape index (κ2) is 4.42. The fraction of sp³-hybridized carbons (Fsp3) is 0.158. The van der Waals surface area contributed by atoms with Gasteiger partial charge in [0.25, 0.3) is 0 Å². The van der Waals surface area contributed by atoms with E-state index >= 15 is 0 Å². The molecule has 2 heteroatoms. The molecule has 2 nitrogen and oxygen atoms in total. The molecule has 0 aliphatic heterocycles. The molecule has 0 saturated carbocycles. The number of aliphatic hydroxyl groups is 2. The first-order chi connectivity index (χ1) is 10.1. The summed E-state index contributed by atoms with van der Waals surface area (Å²) in [6.07, 6.45) is 0.0548. The highest BCUT2D eigenvalue weighted by Crippen LogP contribution is 2.37. The highest BCUT2D eigenvalue weighted by molar-refractivity contribution is 6.08. The van der Waals surface area contributed by atoms with Gasteiger partial charge < -0.3 is 10.2 Å². The van der Waals surface area contributed by atoms with E-state index in [1.807, 2.05) is 25.1 Å². The van der Waals surface area contributed by atoms with Gasteiger partial charge in [-0.25, -0.2) is 0 Å². The highest BCUT2D eigenvalue weighted by atomic mass is 16.3. The van der Waals surface area contributed by atoms with Gasteiger partial charge in [-0.1, -0.05) is 36.4 Å². The Morgan fingerprint density at radius 2 is 1.62 bits per heavy atom. The molecule has 2 N–H and O–H groups in total. The van der Waals surface area contributed by atoms with Gasteiger partial charge >= 0.3 is 0 Å². The van der Waals surface area contributed by atoms with Crippen molar-refractivity contribution in [1.29, 1.82) is 0 Å². The molecule has 0 fully saturated rings. The number of benzene rings is 3. The van der Waals surface area contributed by atoms with Crippen LogP contribution in [0.15, 0.2) is 54.6 Å². The first-order valence-corrected chi connectivity index (χ1v) is 7.15. The maximum absolute atomic E-state index is 10.2. The Hall–Kier alpha value is -2.16. The van der Waals surface area contributed by atoms with Crippen LogP contribution in [-0.2, 0) is 0 Å². The Balaban J connectivity index is 2.11. The molecular formula is C19H16O2. The zero-order valence-electron chi connectivity index (χ0n) is 11.7. The highest BCUT2D eigenvalue weighted by Gasteiger charge is 2.25. The van der Waals surface area contributed by atoms with Crippen LogP contribution < -0.4 is 0 Å². The standard InChI is InChI=1S/C19H16O2/c1-11-8-18(20)19(21)17-9-13-7-6-12-4-2-3-5-14(12)16(13)10-15(11)17/h2-10,18-21H,1H3. The van der Waals surface area contributed by atoms with Gasteiger partial charge in [-0.15, -0.1) is 0 Å². The lowest BCUT2D eigenvalue weighted by molar-refractivity contribution is 0.0466. The maximum Gasteiger partial charge on any atom is 0.109 e. The Kier molecular flexibility index (Phi) is 2.64. The molecule has 21 heavy (non-hydrogen) atoms. The van der Waals surface area contributed by atoms with E-state index in [0.717, 1.165) is 22.1 Å². The summed E-state index contributed by atoms with van der Waals surface area (Å²) in [6, 6.07) is 16.6. The predicted molar refractivity (Wildman–Crippen MR) is 86.1 cm³/mol. The molecule has 0 heterocycles. The third-order valence-electron chi connectivity index (χ3n) is 4.40. The number of allylic oxidation sites excluding steroid dienone is 1. The summed E-state index contributed by atoms with van der Waals surface area (Å²) in [7, 11) is 0. The lowest BCUT2D eigenvalue weighted by Crippen LogP contribution is -2.20. The number of hydrogen-bond acceptors (Lipinski definition) is 2. The van der Waals surface area contributed by atoms with Gasteiger partial charge in [-0.05, 0) is 63.4 Å². The fourth-order valence-electron chi connectivity index (χ4n) is 3.28. The smallest absolute Gasteiger partial charge is 0.109 e. The van der Waals surface area contributed by atoms with Crippen molar-refractivity contribution in [2.45, 2.75) is 19.1 Å². The molecule has 3 aromatic rings. The molecule has 104 valence electrons. The minimum absolute atomic E-state index is 0.810. The second-order valence-corrected chi connectivity index (χ2v) is 5.73. The topological polar surface area (TPSA) is 40.5 Å². The van der Waals surface area contributed by atoms with Crippen molar-refractivity contribution in [3.05, 3.63) is 65.7 Å². The summed E-state index contributed by atoms with van der Waals surface area (Å²) in [6.45, 7) is 1.98. The second-order valence-electron chi connectivity index (χ2n) is 5.73. The number of aliphatic hydroxyl groups excluding tert-OH is 2. The summed E-state index contributed by atoms with van der Waals surface area (Å²) >= 11 is 0. The van der Waals surface area contributed by atoms with Crippen LogP contribution in [0.4, 0.5) is 0 Å². The van der Waals surface area contributed by atoms with Gasteiger partial charge in [-0.3, -0.25) is 0 Å². The third kappa shape index (κ3) is 1.80. The lowest BCUT2D eigenvalue weighted by Gasteiger charge is -2.25.